The lowest BCUT2D eigenvalue weighted by molar-refractivity contribution is 0.160. The molecule has 18 heavy (non-hydrogen) atoms. The molecule has 4 nitrogen and oxygen atoms in total. The Morgan fingerprint density at radius 3 is 2.44 bits per heavy atom. The van der Waals surface area contributed by atoms with E-state index >= 15 is 0 Å². The van der Waals surface area contributed by atoms with E-state index in [1.54, 1.807) is 6.21 Å². The Kier molecular flexibility index (Phi) is 4.59. The van der Waals surface area contributed by atoms with Crippen LogP contribution in [0.2, 0.25) is 0 Å². The van der Waals surface area contributed by atoms with Crippen LogP contribution in [0.15, 0.2) is 29.4 Å². The summed E-state index contributed by atoms with van der Waals surface area (Å²) in [5, 5.41) is 3.87. The minimum atomic E-state index is 0.607. The van der Waals surface area contributed by atoms with Gasteiger partial charge in [-0.3, -0.25) is 0 Å². The van der Waals surface area contributed by atoms with Crippen molar-refractivity contribution in [3.63, 3.8) is 0 Å². The summed E-state index contributed by atoms with van der Waals surface area (Å²) in [5.41, 5.74) is 2.36. The lowest BCUT2D eigenvalue weighted by atomic mass is 10.2. The Balaban J connectivity index is 1.95. The highest BCUT2D eigenvalue weighted by Gasteiger charge is 2.13. The maximum absolute atomic E-state index is 4.95. The lowest BCUT2D eigenvalue weighted by Gasteiger charge is -2.34. The van der Waals surface area contributed by atoms with Crippen molar-refractivity contribution < 1.29 is 4.84 Å². The SMILES string of the molecule is CCON=Cc1ccc(N2CCN(C)CC2)cc1. The summed E-state index contributed by atoms with van der Waals surface area (Å²) in [6.07, 6.45) is 1.75. The molecule has 1 saturated heterocycles. The van der Waals surface area contributed by atoms with Gasteiger partial charge in [0.25, 0.3) is 0 Å². The predicted octanol–water partition coefficient (Wildman–Crippen LogP) is 1.81. The standard InChI is InChI=1S/C14H21N3O/c1-3-18-15-12-13-4-6-14(7-5-13)17-10-8-16(2)9-11-17/h4-7,12H,3,8-11H2,1-2H3. The van der Waals surface area contributed by atoms with Crippen molar-refractivity contribution in [2.45, 2.75) is 6.92 Å². The quantitative estimate of drug-likeness (QED) is 0.600. The van der Waals surface area contributed by atoms with E-state index in [0.717, 1.165) is 31.7 Å². The molecule has 1 aromatic carbocycles. The van der Waals surface area contributed by atoms with Gasteiger partial charge in [0, 0.05) is 31.9 Å². The Morgan fingerprint density at radius 1 is 1.17 bits per heavy atom. The smallest absolute Gasteiger partial charge is 0.114 e. The van der Waals surface area contributed by atoms with Crippen molar-refractivity contribution in [2.24, 2.45) is 5.16 Å². The molecule has 0 unspecified atom stereocenters. The van der Waals surface area contributed by atoms with E-state index < -0.39 is 0 Å². The molecule has 1 fully saturated rings. The van der Waals surface area contributed by atoms with E-state index in [1.165, 1.54) is 5.69 Å². The summed E-state index contributed by atoms with van der Waals surface area (Å²) < 4.78 is 0. The molecule has 1 aliphatic rings. The van der Waals surface area contributed by atoms with Crippen molar-refractivity contribution in [1.29, 1.82) is 0 Å². The Bertz CT molecular complexity index is 381. The minimum Gasteiger partial charge on any atom is -0.396 e. The van der Waals surface area contributed by atoms with E-state index in [2.05, 4.69) is 46.3 Å². The first-order valence-electron chi connectivity index (χ1n) is 6.48. The first-order valence-corrected chi connectivity index (χ1v) is 6.48. The average Bonchev–Trinajstić information content (AvgIpc) is 2.41. The molecule has 0 radical (unpaired) electrons. The molecule has 0 amide bonds. The fraction of sp³-hybridized carbons (Fsp3) is 0.500. The molecule has 0 N–H and O–H groups in total. The van der Waals surface area contributed by atoms with Crippen LogP contribution in [-0.4, -0.2) is 50.9 Å². The van der Waals surface area contributed by atoms with E-state index in [4.69, 9.17) is 4.84 Å². The topological polar surface area (TPSA) is 28.1 Å². The second-order valence-electron chi connectivity index (χ2n) is 4.53. The second kappa shape index (κ2) is 6.40. The van der Waals surface area contributed by atoms with Gasteiger partial charge in [-0.2, -0.15) is 0 Å². The van der Waals surface area contributed by atoms with Crippen LogP contribution in [0.4, 0.5) is 5.69 Å². The zero-order valence-electron chi connectivity index (χ0n) is 11.2. The van der Waals surface area contributed by atoms with Gasteiger partial charge in [-0.25, -0.2) is 0 Å². The van der Waals surface area contributed by atoms with Crippen LogP contribution >= 0.6 is 0 Å². The molecule has 4 heteroatoms. The van der Waals surface area contributed by atoms with Gasteiger partial charge in [-0.1, -0.05) is 17.3 Å². The van der Waals surface area contributed by atoms with Crippen LogP contribution in [-0.2, 0) is 4.84 Å². The van der Waals surface area contributed by atoms with Crippen LogP contribution < -0.4 is 4.90 Å². The average molecular weight is 247 g/mol. The van der Waals surface area contributed by atoms with E-state index in [0.29, 0.717) is 6.61 Å². The fourth-order valence-electron chi connectivity index (χ4n) is 2.01. The number of likely N-dealkylation sites (N-methyl/N-ethyl adjacent to an activating group) is 1. The summed E-state index contributed by atoms with van der Waals surface area (Å²) in [6, 6.07) is 8.46. The highest BCUT2D eigenvalue weighted by molar-refractivity contribution is 5.79. The van der Waals surface area contributed by atoms with Crippen LogP contribution in [0, 0.1) is 0 Å². The zero-order valence-corrected chi connectivity index (χ0v) is 11.2. The van der Waals surface area contributed by atoms with Gasteiger partial charge in [0.1, 0.15) is 6.61 Å². The van der Waals surface area contributed by atoms with Crippen molar-refractivity contribution in [2.75, 3.05) is 44.7 Å². The van der Waals surface area contributed by atoms with Crippen LogP contribution in [0.3, 0.4) is 0 Å². The molecule has 0 aliphatic carbocycles. The molecule has 98 valence electrons. The maximum Gasteiger partial charge on any atom is 0.114 e. The number of rotatable bonds is 4. The molecule has 0 saturated carbocycles. The number of hydrogen-bond acceptors (Lipinski definition) is 4. The number of nitrogens with zero attached hydrogens (tertiary/aromatic N) is 3. The summed E-state index contributed by atoms with van der Waals surface area (Å²) in [4.78, 5) is 9.73. The zero-order chi connectivity index (χ0) is 12.8. The summed E-state index contributed by atoms with van der Waals surface area (Å²) in [6.45, 7) is 7.00. The highest BCUT2D eigenvalue weighted by Crippen LogP contribution is 2.16. The van der Waals surface area contributed by atoms with Gasteiger partial charge >= 0.3 is 0 Å². The monoisotopic (exact) mass is 247 g/mol. The summed E-state index contributed by atoms with van der Waals surface area (Å²) in [7, 11) is 2.17. The number of anilines is 1. The van der Waals surface area contributed by atoms with Crippen LogP contribution in [0.5, 0.6) is 0 Å². The number of piperazine rings is 1. The third-order valence-corrected chi connectivity index (χ3v) is 3.17. The summed E-state index contributed by atoms with van der Waals surface area (Å²) in [5.74, 6) is 0. The molecular formula is C14H21N3O. The molecule has 2 rings (SSSR count). The number of hydrogen-bond donors (Lipinski definition) is 0. The second-order valence-corrected chi connectivity index (χ2v) is 4.53. The third kappa shape index (κ3) is 3.47. The first kappa shape index (κ1) is 12.9. The Labute approximate surface area is 109 Å². The normalized spacial score (nSPS) is 17.3. The summed E-state index contributed by atoms with van der Waals surface area (Å²) >= 11 is 0. The molecule has 0 aromatic heterocycles. The van der Waals surface area contributed by atoms with E-state index in [1.807, 2.05) is 6.92 Å². The molecule has 1 heterocycles. The number of benzene rings is 1. The van der Waals surface area contributed by atoms with E-state index in [9.17, 15) is 0 Å². The highest BCUT2D eigenvalue weighted by atomic mass is 16.6. The maximum atomic E-state index is 4.95. The fourth-order valence-corrected chi connectivity index (χ4v) is 2.01. The minimum absolute atomic E-state index is 0.607. The molecule has 0 bridgehead atoms. The van der Waals surface area contributed by atoms with E-state index in [-0.39, 0.29) is 0 Å². The Morgan fingerprint density at radius 2 is 1.83 bits per heavy atom. The third-order valence-electron chi connectivity index (χ3n) is 3.17. The van der Waals surface area contributed by atoms with Crippen LogP contribution in [0.1, 0.15) is 12.5 Å². The van der Waals surface area contributed by atoms with Gasteiger partial charge in [0.15, 0.2) is 0 Å². The Hall–Kier alpha value is -1.55. The van der Waals surface area contributed by atoms with Gasteiger partial charge in [-0.05, 0) is 31.7 Å². The predicted molar refractivity (Wildman–Crippen MR) is 75.4 cm³/mol. The lowest BCUT2D eigenvalue weighted by Crippen LogP contribution is -2.44. The van der Waals surface area contributed by atoms with Gasteiger partial charge in [0.05, 0.1) is 6.21 Å². The molecule has 0 atom stereocenters. The van der Waals surface area contributed by atoms with Gasteiger partial charge in [-0.15, -0.1) is 0 Å². The molecular weight excluding hydrogens is 226 g/mol. The molecule has 1 aromatic rings. The largest absolute Gasteiger partial charge is 0.396 e. The van der Waals surface area contributed by atoms with Crippen molar-refractivity contribution in [1.82, 2.24) is 4.90 Å². The van der Waals surface area contributed by atoms with Gasteiger partial charge in [0.2, 0.25) is 0 Å². The molecule has 1 aliphatic heterocycles. The molecule has 0 spiro atoms. The van der Waals surface area contributed by atoms with Crippen molar-refractivity contribution in [3.05, 3.63) is 29.8 Å². The van der Waals surface area contributed by atoms with Crippen LogP contribution in [0.25, 0.3) is 0 Å². The van der Waals surface area contributed by atoms with Crippen molar-refractivity contribution >= 4 is 11.9 Å². The first-order chi connectivity index (χ1) is 8.79. The number of oxime groups is 1. The van der Waals surface area contributed by atoms with Gasteiger partial charge < -0.3 is 14.6 Å². The van der Waals surface area contributed by atoms with Crippen molar-refractivity contribution in [3.8, 4) is 0 Å².